The third kappa shape index (κ3) is 5.24. The summed E-state index contributed by atoms with van der Waals surface area (Å²) in [5.74, 6) is -0.404. The van der Waals surface area contributed by atoms with E-state index < -0.39 is 15.9 Å². The zero-order chi connectivity index (χ0) is 24.3. The van der Waals surface area contributed by atoms with Crippen molar-refractivity contribution in [2.24, 2.45) is 0 Å². The van der Waals surface area contributed by atoms with Gasteiger partial charge in [-0.3, -0.25) is 9.10 Å². The minimum Gasteiger partial charge on any atom is -0.350 e. The Morgan fingerprint density at radius 2 is 1.59 bits per heavy atom. The van der Waals surface area contributed by atoms with Crippen LogP contribution in [-0.4, -0.2) is 20.9 Å². The smallest absolute Gasteiger partial charge is 0.264 e. The topological polar surface area (TPSA) is 66.5 Å². The molecular formula is C27H25ClN2O3S. The number of halogens is 1. The average molecular weight is 493 g/mol. The Balaban J connectivity index is 1.59. The van der Waals surface area contributed by atoms with Gasteiger partial charge in [-0.25, -0.2) is 8.42 Å². The minimum atomic E-state index is -3.98. The predicted molar refractivity (Wildman–Crippen MR) is 138 cm³/mol. The van der Waals surface area contributed by atoms with Crippen LogP contribution in [0.15, 0.2) is 89.8 Å². The Hall–Kier alpha value is -3.35. The number of nitrogens with zero attached hydrogens (tertiary/aromatic N) is 1. The van der Waals surface area contributed by atoms with Crippen LogP contribution < -0.4 is 9.62 Å². The van der Waals surface area contributed by atoms with Crippen LogP contribution >= 0.6 is 11.6 Å². The van der Waals surface area contributed by atoms with Crippen molar-refractivity contribution in [1.82, 2.24) is 5.32 Å². The molecule has 4 rings (SSSR count). The van der Waals surface area contributed by atoms with E-state index in [0.29, 0.717) is 22.8 Å². The summed E-state index contributed by atoms with van der Waals surface area (Å²) in [5.41, 5.74) is 2.94. The Morgan fingerprint density at radius 1 is 0.882 bits per heavy atom. The fraction of sp³-hybridized carbons (Fsp3) is 0.148. The largest absolute Gasteiger partial charge is 0.350 e. The lowest BCUT2D eigenvalue weighted by molar-refractivity contribution is -0.119. The molecule has 4 aromatic carbocycles. The molecule has 0 fully saturated rings. The standard InChI is InChI=1S/C27H25ClN2O3S/c1-19-7-12-25(13-8-19)34(32,33)30(26-14-11-24(28)15-20(26)2)18-27(31)29-17-21-9-10-22-5-3-4-6-23(22)16-21/h3-16H,17-18H2,1-2H3,(H,29,31). The van der Waals surface area contributed by atoms with E-state index >= 15 is 0 Å². The summed E-state index contributed by atoms with van der Waals surface area (Å²) < 4.78 is 28.2. The number of carbonyl (C=O) groups is 1. The molecule has 174 valence electrons. The van der Waals surface area contributed by atoms with Gasteiger partial charge in [0, 0.05) is 11.6 Å². The summed E-state index contributed by atoms with van der Waals surface area (Å²) in [5, 5.41) is 5.55. The molecule has 1 N–H and O–H groups in total. The van der Waals surface area contributed by atoms with Gasteiger partial charge >= 0.3 is 0 Å². The van der Waals surface area contributed by atoms with Gasteiger partial charge in [0.1, 0.15) is 6.54 Å². The molecule has 0 aliphatic heterocycles. The Labute approximate surface area is 205 Å². The highest BCUT2D eigenvalue weighted by molar-refractivity contribution is 7.92. The summed E-state index contributed by atoms with van der Waals surface area (Å²) in [7, 11) is -3.98. The molecular weight excluding hydrogens is 468 g/mol. The second-order valence-electron chi connectivity index (χ2n) is 8.21. The van der Waals surface area contributed by atoms with E-state index in [0.717, 1.165) is 26.2 Å². The highest BCUT2D eigenvalue weighted by atomic mass is 35.5. The van der Waals surface area contributed by atoms with Gasteiger partial charge in [-0.05, 0) is 72.1 Å². The summed E-state index contributed by atoms with van der Waals surface area (Å²) in [6.45, 7) is 3.59. The summed E-state index contributed by atoms with van der Waals surface area (Å²) in [6.07, 6.45) is 0. The lowest BCUT2D eigenvalue weighted by Gasteiger charge is -2.26. The van der Waals surface area contributed by atoms with Crippen molar-refractivity contribution in [3.8, 4) is 0 Å². The maximum Gasteiger partial charge on any atom is 0.264 e. The van der Waals surface area contributed by atoms with E-state index in [4.69, 9.17) is 11.6 Å². The molecule has 0 bridgehead atoms. The molecule has 0 aromatic heterocycles. The number of aryl methyl sites for hydroxylation is 2. The quantitative estimate of drug-likeness (QED) is 0.364. The predicted octanol–water partition coefficient (Wildman–Crippen LogP) is 5.62. The molecule has 4 aromatic rings. The maximum absolute atomic E-state index is 13.6. The van der Waals surface area contributed by atoms with Gasteiger partial charge < -0.3 is 5.32 Å². The average Bonchev–Trinajstić information content (AvgIpc) is 2.82. The van der Waals surface area contributed by atoms with Gasteiger partial charge in [-0.15, -0.1) is 0 Å². The number of benzene rings is 4. The molecule has 1 amide bonds. The van der Waals surface area contributed by atoms with Gasteiger partial charge in [-0.1, -0.05) is 65.7 Å². The van der Waals surface area contributed by atoms with Gasteiger partial charge in [0.25, 0.3) is 10.0 Å². The summed E-state index contributed by atoms with van der Waals surface area (Å²) in [6, 6.07) is 25.5. The Morgan fingerprint density at radius 3 is 2.29 bits per heavy atom. The number of carbonyl (C=O) groups excluding carboxylic acids is 1. The number of rotatable bonds is 7. The SMILES string of the molecule is Cc1ccc(S(=O)(=O)N(CC(=O)NCc2ccc3ccccc3c2)c2ccc(Cl)cc2C)cc1. The lowest BCUT2D eigenvalue weighted by atomic mass is 10.1. The normalized spacial score (nSPS) is 11.4. The molecule has 0 aliphatic rings. The summed E-state index contributed by atoms with van der Waals surface area (Å²) >= 11 is 6.09. The first-order chi connectivity index (χ1) is 16.2. The third-order valence-corrected chi connectivity index (χ3v) is 7.64. The van der Waals surface area contributed by atoms with Crippen LogP contribution in [0.2, 0.25) is 5.02 Å². The number of fused-ring (bicyclic) bond motifs is 1. The number of anilines is 1. The lowest BCUT2D eigenvalue weighted by Crippen LogP contribution is -2.41. The Bertz CT molecular complexity index is 1450. The maximum atomic E-state index is 13.6. The molecule has 0 radical (unpaired) electrons. The van der Waals surface area contributed by atoms with Crippen LogP contribution in [0.3, 0.4) is 0 Å². The third-order valence-electron chi connectivity index (χ3n) is 5.63. The Kier molecular flexibility index (Phi) is 6.91. The van der Waals surface area contributed by atoms with Crippen LogP contribution in [0.1, 0.15) is 16.7 Å². The van der Waals surface area contributed by atoms with Gasteiger partial charge in [0.05, 0.1) is 10.6 Å². The number of hydrogen-bond donors (Lipinski definition) is 1. The number of sulfonamides is 1. The van der Waals surface area contributed by atoms with E-state index in [1.54, 1.807) is 49.4 Å². The molecule has 0 heterocycles. The highest BCUT2D eigenvalue weighted by Gasteiger charge is 2.28. The van der Waals surface area contributed by atoms with E-state index in [1.165, 1.54) is 0 Å². The van der Waals surface area contributed by atoms with Crippen LogP contribution in [0, 0.1) is 13.8 Å². The molecule has 0 aliphatic carbocycles. The monoisotopic (exact) mass is 492 g/mol. The molecule has 0 unspecified atom stereocenters. The van der Waals surface area contributed by atoms with Gasteiger partial charge in [0.2, 0.25) is 5.91 Å². The van der Waals surface area contributed by atoms with Crippen molar-refractivity contribution in [2.75, 3.05) is 10.8 Å². The molecule has 0 spiro atoms. The molecule has 34 heavy (non-hydrogen) atoms. The van der Waals surface area contributed by atoms with Crippen molar-refractivity contribution in [3.63, 3.8) is 0 Å². The van der Waals surface area contributed by atoms with Crippen molar-refractivity contribution in [1.29, 1.82) is 0 Å². The van der Waals surface area contributed by atoms with Crippen molar-refractivity contribution in [2.45, 2.75) is 25.3 Å². The van der Waals surface area contributed by atoms with Crippen LogP contribution in [0.25, 0.3) is 10.8 Å². The van der Waals surface area contributed by atoms with Crippen molar-refractivity contribution >= 4 is 44.0 Å². The first-order valence-corrected chi connectivity index (χ1v) is 12.7. The molecule has 7 heteroatoms. The fourth-order valence-corrected chi connectivity index (χ4v) is 5.48. The van der Waals surface area contributed by atoms with Crippen LogP contribution in [0.5, 0.6) is 0 Å². The van der Waals surface area contributed by atoms with Crippen LogP contribution in [0.4, 0.5) is 5.69 Å². The second kappa shape index (κ2) is 9.87. The van der Waals surface area contributed by atoms with E-state index in [1.807, 2.05) is 49.4 Å². The molecule has 0 saturated heterocycles. The fourth-order valence-electron chi connectivity index (χ4n) is 3.77. The van der Waals surface area contributed by atoms with Gasteiger partial charge in [0.15, 0.2) is 0 Å². The van der Waals surface area contributed by atoms with Gasteiger partial charge in [-0.2, -0.15) is 0 Å². The zero-order valence-corrected chi connectivity index (χ0v) is 20.5. The molecule has 0 atom stereocenters. The van der Waals surface area contributed by atoms with Crippen molar-refractivity contribution in [3.05, 3.63) is 107 Å². The zero-order valence-electron chi connectivity index (χ0n) is 19.0. The summed E-state index contributed by atoms with van der Waals surface area (Å²) in [4.78, 5) is 13.1. The van der Waals surface area contributed by atoms with E-state index in [2.05, 4.69) is 5.32 Å². The number of nitrogens with one attached hydrogen (secondary N) is 1. The first-order valence-electron chi connectivity index (χ1n) is 10.8. The van der Waals surface area contributed by atoms with Crippen LogP contribution in [-0.2, 0) is 21.4 Å². The van der Waals surface area contributed by atoms with E-state index in [9.17, 15) is 13.2 Å². The molecule has 5 nitrogen and oxygen atoms in total. The number of amides is 1. The molecule has 0 saturated carbocycles. The number of hydrogen-bond acceptors (Lipinski definition) is 3. The highest BCUT2D eigenvalue weighted by Crippen LogP contribution is 2.29. The van der Waals surface area contributed by atoms with E-state index in [-0.39, 0.29) is 11.4 Å². The second-order valence-corrected chi connectivity index (χ2v) is 10.5. The first kappa shape index (κ1) is 23.8. The minimum absolute atomic E-state index is 0.120. The van der Waals surface area contributed by atoms with Crippen molar-refractivity contribution < 1.29 is 13.2 Å².